The quantitative estimate of drug-likeness (QED) is 0.659. The van der Waals surface area contributed by atoms with E-state index in [1.54, 1.807) is 24.3 Å². The summed E-state index contributed by atoms with van der Waals surface area (Å²) >= 11 is 12.1. The van der Waals surface area contributed by atoms with Crippen LogP contribution in [-0.4, -0.2) is 22.5 Å². The van der Waals surface area contributed by atoms with Crippen LogP contribution in [0.2, 0.25) is 10.0 Å². The molecule has 6 nitrogen and oxygen atoms in total. The predicted octanol–water partition coefficient (Wildman–Crippen LogP) is 4.84. The molecule has 2 aromatic carbocycles. The van der Waals surface area contributed by atoms with Gasteiger partial charge in [0.15, 0.2) is 11.5 Å². The molecule has 28 heavy (non-hydrogen) atoms. The number of benzene rings is 2. The van der Waals surface area contributed by atoms with Crippen molar-refractivity contribution in [2.45, 2.75) is 20.4 Å². The molecular formula is C20H17Cl2N3O3. The maximum Gasteiger partial charge on any atom is 0.255 e. The number of halogens is 2. The van der Waals surface area contributed by atoms with Crippen molar-refractivity contribution in [2.75, 3.05) is 12.1 Å². The van der Waals surface area contributed by atoms with Gasteiger partial charge < -0.3 is 14.8 Å². The van der Waals surface area contributed by atoms with Gasteiger partial charge in [-0.2, -0.15) is 5.10 Å². The van der Waals surface area contributed by atoms with E-state index in [-0.39, 0.29) is 12.7 Å². The largest absolute Gasteiger partial charge is 0.454 e. The Balaban J connectivity index is 1.55. The van der Waals surface area contributed by atoms with Crippen LogP contribution in [0.3, 0.4) is 0 Å². The van der Waals surface area contributed by atoms with E-state index in [0.717, 1.165) is 17.0 Å². The van der Waals surface area contributed by atoms with Crippen LogP contribution in [-0.2, 0) is 6.54 Å². The van der Waals surface area contributed by atoms with E-state index in [4.69, 9.17) is 32.7 Å². The van der Waals surface area contributed by atoms with E-state index in [1.165, 1.54) is 0 Å². The number of aryl methyl sites for hydroxylation is 1. The van der Waals surface area contributed by atoms with Crippen molar-refractivity contribution < 1.29 is 14.3 Å². The number of nitrogens with one attached hydrogen (secondary N) is 1. The van der Waals surface area contributed by atoms with Crippen LogP contribution >= 0.6 is 23.2 Å². The minimum Gasteiger partial charge on any atom is -0.454 e. The lowest BCUT2D eigenvalue weighted by Crippen LogP contribution is -2.13. The molecule has 0 saturated carbocycles. The smallest absolute Gasteiger partial charge is 0.255 e. The van der Waals surface area contributed by atoms with Gasteiger partial charge in [0.25, 0.3) is 5.91 Å². The Labute approximate surface area is 172 Å². The lowest BCUT2D eigenvalue weighted by Gasteiger charge is -2.08. The van der Waals surface area contributed by atoms with Crippen LogP contribution in [0.1, 0.15) is 27.3 Å². The SMILES string of the molecule is Cc1nn(Cc2ccc(Cl)c(Cl)c2)c(C)c1NC(=O)c1ccc2c(c1)OCO2. The number of anilines is 1. The summed E-state index contributed by atoms with van der Waals surface area (Å²) in [7, 11) is 0. The fraction of sp³-hybridized carbons (Fsp3) is 0.200. The lowest BCUT2D eigenvalue weighted by atomic mass is 10.2. The van der Waals surface area contributed by atoms with Crippen LogP contribution in [0, 0.1) is 13.8 Å². The molecule has 0 spiro atoms. The molecule has 0 atom stereocenters. The van der Waals surface area contributed by atoms with Gasteiger partial charge in [-0.05, 0) is 49.7 Å². The van der Waals surface area contributed by atoms with Gasteiger partial charge in [0.05, 0.1) is 33.7 Å². The van der Waals surface area contributed by atoms with Gasteiger partial charge in [0, 0.05) is 5.56 Å². The van der Waals surface area contributed by atoms with E-state index >= 15 is 0 Å². The fourth-order valence-corrected chi connectivity index (χ4v) is 3.39. The first-order chi connectivity index (χ1) is 13.4. The molecule has 0 fully saturated rings. The van der Waals surface area contributed by atoms with Gasteiger partial charge in [-0.25, -0.2) is 0 Å². The maximum absolute atomic E-state index is 12.7. The monoisotopic (exact) mass is 417 g/mol. The van der Waals surface area contributed by atoms with Gasteiger partial charge >= 0.3 is 0 Å². The Morgan fingerprint density at radius 2 is 1.89 bits per heavy atom. The number of nitrogens with zero attached hydrogens (tertiary/aromatic N) is 2. The van der Waals surface area contributed by atoms with E-state index in [2.05, 4.69) is 10.4 Å². The van der Waals surface area contributed by atoms with Crippen molar-refractivity contribution in [3.63, 3.8) is 0 Å². The Bertz CT molecular complexity index is 1080. The third-order valence-corrected chi connectivity index (χ3v) is 5.31. The van der Waals surface area contributed by atoms with Gasteiger partial charge in [-0.15, -0.1) is 0 Å². The molecule has 144 valence electrons. The second-order valence-electron chi connectivity index (χ2n) is 6.47. The van der Waals surface area contributed by atoms with Gasteiger partial charge in [-0.1, -0.05) is 29.3 Å². The fourth-order valence-electron chi connectivity index (χ4n) is 3.07. The average molecular weight is 418 g/mol. The lowest BCUT2D eigenvalue weighted by molar-refractivity contribution is 0.102. The minimum absolute atomic E-state index is 0.167. The molecule has 3 aromatic rings. The van der Waals surface area contributed by atoms with Gasteiger partial charge in [0.1, 0.15) is 0 Å². The highest BCUT2D eigenvalue weighted by molar-refractivity contribution is 6.42. The summed E-state index contributed by atoms with van der Waals surface area (Å²) in [6.45, 7) is 4.45. The summed E-state index contributed by atoms with van der Waals surface area (Å²) in [5, 5.41) is 8.50. The molecule has 0 radical (unpaired) electrons. The molecule has 0 saturated heterocycles. The summed E-state index contributed by atoms with van der Waals surface area (Å²) in [4.78, 5) is 12.7. The molecule has 1 amide bonds. The third kappa shape index (κ3) is 3.53. The van der Waals surface area contributed by atoms with Crippen molar-refractivity contribution in [3.8, 4) is 11.5 Å². The van der Waals surface area contributed by atoms with Crippen molar-refractivity contribution in [1.82, 2.24) is 9.78 Å². The van der Waals surface area contributed by atoms with Crippen LogP contribution < -0.4 is 14.8 Å². The first-order valence-electron chi connectivity index (χ1n) is 8.61. The summed E-state index contributed by atoms with van der Waals surface area (Å²) < 4.78 is 12.4. The predicted molar refractivity (Wildman–Crippen MR) is 108 cm³/mol. The Morgan fingerprint density at radius 3 is 2.68 bits per heavy atom. The van der Waals surface area contributed by atoms with Crippen molar-refractivity contribution in [2.24, 2.45) is 0 Å². The number of hydrogen-bond acceptors (Lipinski definition) is 4. The van der Waals surface area contributed by atoms with Crippen molar-refractivity contribution in [3.05, 3.63) is 69.0 Å². The first kappa shape index (κ1) is 18.7. The summed E-state index contributed by atoms with van der Waals surface area (Å²) in [5.74, 6) is 0.966. The highest BCUT2D eigenvalue weighted by Crippen LogP contribution is 2.33. The number of rotatable bonds is 4. The maximum atomic E-state index is 12.7. The summed E-state index contributed by atoms with van der Waals surface area (Å²) in [5.41, 5.74) is 3.71. The summed E-state index contributed by atoms with van der Waals surface area (Å²) in [6.07, 6.45) is 0. The van der Waals surface area contributed by atoms with Crippen molar-refractivity contribution in [1.29, 1.82) is 0 Å². The molecule has 1 aliphatic heterocycles. The number of aromatic nitrogens is 2. The zero-order valence-corrected chi connectivity index (χ0v) is 16.8. The number of amides is 1. The van der Waals surface area contributed by atoms with E-state index in [1.807, 2.05) is 30.7 Å². The zero-order chi connectivity index (χ0) is 19.8. The highest BCUT2D eigenvalue weighted by atomic mass is 35.5. The van der Waals surface area contributed by atoms with E-state index in [9.17, 15) is 4.79 Å². The highest BCUT2D eigenvalue weighted by Gasteiger charge is 2.19. The van der Waals surface area contributed by atoms with Crippen LogP contribution in [0.5, 0.6) is 11.5 Å². The number of carbonyl (C=O) groups excluding carboxylic acids is 1. The molecule has 1 aliphatic rings. The van der Waals surface area contributed by atoms with Gasteiger partial charge in [-0.3, -0.25) is 9.48 Å². The Hall–Kier alpha value is -2.70. The Kier molecular flexibility index (Phi) is 4.91. The number of ether oxygens (including phenoxy) is 2. The zero-order valence-electron chi connectivity index (χ0n) is 15.3. The third-order valence-electron chi connectivity index (χ3n) is 4.57. The van der Waals surface area contributed by atoms with Crippen LogP contribution in [0.25, 0.3) is 0 Å². The summed E-state index contributed by atoms with van der Waals surface area (Å²) in [6, 6.07) is 10.6. The molecular weight excluding hydrogens is 401 g/mol. The molecule has 1 N–H and O–H groups in total. The number of hydrogen-bond donors (Lipinski definition) is 1. The molecule has 0 bridgehead atoms. The van der Waals surface area contributed by atoms with Gasteiger partial charge in [0.2, 0.25) is 6.79 Å². The number of carbonyl (C=O) groups is 1. The number of fused-ring (bicyclic) bond motifs is 1. The normalized spacial score (nSPS) is 12.3. The molecule has 4 rings (SSSR count). The second-order valence-corrected chi connectivity index (χ2v) is 7.29. The van der Waals surface area contributed by atoms with E-state index < -0.39 is 0 Å². The van der Waals surface area contributed by atoms with Crippen LogP contribution in [0.4, 0.5) is 5.69 Å². The van der Waals surface area contributed by atoms with E-state index in [0.29, 0.717) is 39.3 Å². The Morgan fingerprint density at radius 1 is 1.11 bits per heavy atom. The average Bonchev–Trinajstić information content (AvgIpc) is 3.24. The van der Waals surface area contributed by atoms with Crippen LogP contribution in [0.15, 0.2) is 36.4 Å². The standard InChI is InChI=1S/C20H17Cl2N3O3/c1-11-19(23-20(26)14-4-6-17-18(8-14)28-10-27-17)12(2)25(24-11)9-13-3-5-15(21)16(22)7-13/h3-8H,9-10H2,1-2H3,(H,23,26). The molecule has 0 aliphatic carbocycles. The molecule has 1 aromatic heterocycles. The topological polar surface area (TPSA) is 65.4 Å². The molecule has 2 heterocycles. The van der Waals surface area contributed by atoms with Crippen molar-refractivity contribution >= 4 is 34.8 Å². The second kappa shape index (κ2) is 7.37. The minimum atomic E-state index is -0.237. The first-order valence-corrected chi connectivity index (χ1v) is 9.37. The molecule has 0 unspecified atom stereocenters. The molecule has 8 heteroatoms.